The fourth-order valence-electron chi connectivity index (χ4n) is 0.597. The summed E-state index contributed by atoms with van der Waals surface area (Å²) < 4.78 is 0. The number of hydrogen-bond acceptors (Lipinski definition) is 5. The first-order valence-electron chi connectivity index (χ1n) is 3.37. The van der Waals surface area contributed by atoms with Gasteiger partial charge in [-0.3, -0.25) is 20.4 Å². The van der Waals surface area contributed by atoms with Crippen molar-refractivity contribution < 1.29 is 9.59 Å². The van der Waals surface area contributed by atoms with Crippen LogP contribution in [-0.4, -0.2) is 17.9 Å². The van der Waals surface area contributed by atoms with E-state index in [0.717, 1.165) is 0 Å². The summed E-state index contributed by atoms with van der Waals surface area (Å²) in [5.41, 5.74) is 9.12. The Morgan fingerprint density at radius 3 is 2.25 bits per heavy atom. The zero-order valence-electron chi connectivity index (χ0n) is 6.54. The molecule has 0 rings (SSSR count). The lowest BCUT2D eigenvalue weighted by Crippen LogP contribution is -2.44. The van der Waals surface area contributed by atoms with E-state index >= 15 is 0 Å². The molecule has 0 heterocycles. The summed E-state index contributed by atoms with van der Waals surface area (Å²) in [5.74, 6) is 8.74. The van der Waals surface area contributed by atoms with Gasteiger partial charge in [0.15, 0.2) is 0 Å². The molecule has 0 radical (unpaired) electrons. The molecule has 0 saturated heterocycles. The second-order valence-electron chi connectivity index (χ2n) is 2.22. The Bertz CT molecular complexity index is 171. The molecule has 7 heteroatoms. The Morgan fingerprint density at radius 2 is 1.83 bits per heavy atom. The highest BCUT2D eigenvalue weighted by Gasteiger charge is 2.12. The molecule has 0 aliphatic heterocycles. The summed E-state index contributed by atoms with van der Waals surface area (Å²) in [7, 11) is 0. The predicted octanol–water partition coefficient (Wildman–Crippen LogP) is -2.93. The van der Waals surface area contributed by atoms with Crippen molar-refractivity contribution in [3.05, 3.63) is 0 Å². The quantitative estimate of drug-likeness (QED) is 0.177. The Labute approximate surface area is 69.6 Å². The van der Waals surface area contributed by atoms with Gasteiger partial charge in [-0.1, -0.05) is 0 Å². The van der Waals surface area contributed by atoms with Crippen LogP contribution >= 0.6 is 0 Å². The predicted molar refractivity (Wildman–Crippen MR) is 41.9 cm³/mol. The number of nitrogens with two attached hydrogens (primary N) is 3. The van der Waals surface area contributed by atoms with Gasteiger partial charge in [0.1, 0.15) is 0 Å². The lowest BCUT2D eigenvalue weighted by atomic mass is 10.1. The highest BCUT2D eigenvalue weighted by atomic mass is 16.2. The number of carbonyl (C=O) groups excluding carboxylic acids is 2. The molecule has 7 nitrogen and oxygen atoms in total. The fraction of sp³-hybridized carbons (Fsp3) is 0.600. The van der Waals surface area contributed by atoms with Crippen molar-refractivity contribution in [3.63, 3.8) is 0 Å². The standard InChI is InChI=1S/C5H13N5O2/c6-3(5(12)10-8)1-2-4(11)9-7/h3H,1-2,6-8H2,(H,9,11)(H,10,12)/t3-/m0/s1. The molecule has 12 heavy (non-hydrogen) atoms. The average molecular weight is 175 g/mol. The van der Waals surface area contributed by atoms with Gasteiger partial charge in [0.25, 0.3) is 5.91 Å². The average Bonchev–Trinajstić information content (AvgIpc) is 2.11. The summed E-state index contributed by atoms with van der Waals surface area (Å²) in [6.45, 7) is 0. The lowest BCUT2D eigenvalue weighted by molar-refractivity contribution is -0.123. The van der Waals surface area contributed by atoms with Crippen LogP contribution in [0.2, 0.25) is 0 Å². The van der Waals surface area contributed by atoms with E-state index in [9.17, 15) is 9.59 Å². The van der Waals surface area contributed by atoms with E-state index in [2.05, 4.69) is 0 Å². The first kappa shape index (κ1) is 10.8. The molecule has 8 N–H and O–H groups in total. The van der Waals surface area contributed by atoms with Gasteiger partial charge in [0.2, 0.25) is 5.91 Å². The van der Waals surface area contributed by atoms with E-state index in [0.29, 0.717) is 0 Å². The number of hydrogen-bond donors (Lipinski definition) is 5. The Kier molecular flexibility index (Phi) is 4.93. The van der Waals surface area contributed by atoms with E-state index in [1.54, 1.807) is 0 Å². The molecule has 70 valence electrons. The Balaban J connectivity index is 3.63. The molecule has 0 fully saturated rings. The Hall–Kier alpha value is -1.18. The highest BCUT2D eigenvalue weighted by Crippen LogP contribution is 1.93. The van der Waals surface area contributed by atoms with Crippen molar-refractivity contribution in [1.82, 2.24) is 10.9 Å². The summed E-state index contributed by atoms with van der Waals surface area (Å²) in [6, 6.07) is -0.771. The molecule has 0 aliphatic carbocycles. The van der Waals surface area contributed by atoms with E-state index in [-0.39, 0.29) is 18.7 Å². The van der Waals surface area contributed by atoms with E-state index in [4.69, 9.17) is 17.4 Å². The second kappa shape index (κ2) is 5.47. The minimum absolute atomic E-state index is 0.102. The number of carbonyl (C=O) groups is 2. The molecule has 0 aliphatic rings. The lowest BCUT2D eigenvalue weighted by Gasteiger charge is -2.07. The monoisotopic (exact) mass is 175 g/mol. The van der Waals surface area contributed by atoms with Crippen LogP contribution in [0.3, 0.4) is 0 Å². The van der Waals surface area contributed by atoms with Gasteiger partial charge >= 0.3 is 0 Å². The number of amides is 2. The molecule has 0 bridgehead atoms. The summed E-state index contributed by atoms with van der Waals surface area (Å²) in [5, 5.41) is 0. The molecule has 0 aromatic heterocycles. The van der Waals surface area contributed by atoms with Gasteiger partial charge < -0.3 is 5.73 Å². The van der Waals surface area contributed by atoms with Crippen LogP contribution in [0, 0.1) is 0 Å². The van der Waals surface area contributed by atoms with Crippen LogP contribution < -0.4 is 28.3 Å². The minimum Gasteiger partial charge on any atom is -0.320 e. The SMILES string of the molecule is NNC(=O)CC[C@H](N)C(=O)NN. The van der Waals surface area contributed by atoms with Crippen molar-refractivity contribution >= 4 is 11.8 Å². The fourth-order valence-corrected chi connectivity index (χ4v) is 0.597. The topological polar surface area (TPSA) is 136 Å². The van der Waals surface area contributed by atoms with Crippen LogP contribution in [0.5, 0.6) is 0 Å². The maximum Gasteiger partial charge on any atom is 0.250 e. The van der Waals surface area contributed by atoms with Crippen LogP contribution in [0.4, 0.5) is 0 Å². The van der Waals surface area contributed by atoms with Crippen molar-refractivity contribution in [1.29, 1.82) is 0 Å². The second-order valence-corrected chi connectivity index (χ2v) is 2.22. The summed E-state index contributed by atoms with van der Waals surface area (Å²) in [4.78, 5) is 21.3. The first-order valence-corrected chi connectivity index (χ1v) is 3.37. The maximum atomic E-state index is 10.7. The molecule has 1 atom stereocenters. The van der Waals surface area contributed by atoms with E-state index < -0.39 is 11.9 Å². The highest BCUT2D eigenvalue weighted by molar-refractivity contribution is 5.82. The van der Waals surface area contributed by atoms with Crippen molar-refractivity contribution in [2.24, 2.45) is 17.4 Å². The first-order chi connectivity index (χ1) is 5.61. The van der Waals surface area contributed by atoms with Gasteiger partial charge in [-0.2, -0.15) is 0 Å². The van der Waals surface area contributed by atoms with Gasteiger partial charge in [0.05, 0.1) is 6.04 Å². The normalized spacial score (nSPS) is 11.9. The van der Waals surface area contributed by atoms with Crippen LogP contribution in [-0.2, 0) is 9.59 Å². The smallest absolute Gasteiger partial charge is 0.250 e. The number of nitrogens with one attached hydrogen (secondary N) is 2. The molecule has 0 saturated carbocycles. The van der Waals surface area contributed by atoms with E-state index in [1.807, 2.05) is 10.9 Å². The molecule has 0 unspecified atom stereocenters. The molecule has 0 aromatic rings. The van der Waals surface area contributed by atoms with Gasteiger partial charge in [-0.15, -0.1) is 0 Å². The number of hydrazine groups is 2. The zero-order valence-corrected chi connectivity index (χ0v) is 6.54. The zero-order chi connectivity index (χ0) is 9.56. The molecular weight excluding hydrogens is 162 g/mol. The third kappa shape index (κ3) is 3.86. The van der Waals surface area contributed by atoms with Crippen molar-refractivity contribution in [3.8, 4) is 0 Å². The van der Waals surface area contributed by atoms with Crippen molar-refractivity contribution in [2.45, 2.75) is 18.9 Å². The number of rotatable bonds is 4. The largest absolute Gasteiger partial charge is 0.320 e. The van der Waals surface area contributed by atoms with Crippen LogP contribution in [0.1, 0.15) is 12.8 Å². The Morgan fingerprint density at radius 1 is 1.25 bits per heavy atom. The summed E-state index contributed by atoms with van der Waals surface area (Å²) in [6.07, 6.45) is 0.317. The van der Waals surface area contributed by atoms with Gasteiger partial charge in [-0.25, -0.2) is 11.7 Å². The van der Waals surface area contributed by atoms with Crippen LogP contribution in [0.25, 0.3) is 0 Å². The van der Waals surface area contributed by atoms with Gasteiger partial charge in [-0.05, 0) is 6.42 Å². The van der Waals surface area contributed by atoms with Crippen LogP contribution in [0.15, 0.2) is 0 Å². The molecular formula is C5H13N5O2. The summed E-state index contributed by atoms with van der Waals surface area (Å²) >= 11 is 0. The van der Waals surface area contributed by atoms with Crippen molar-refractivity contribution in [2.75, 3.05) is 0 Å². The molecule has 0 aromatic carbocycles. The third-order valence-electron chi connectivity index (χ3n) is 1.32. The molecule has 0 spiro atoms. The van der Waals surface area contributed by atoms with Gasteiger partial charge in [0, 0.05) is 6.42 Å². The molecule has 2 amide bonds. The van der Waals surface area contributed by atoms with E-state index in [1.165, 1.54) is 0 Å². The third-order valence-corrected chi connectivity index (χ3v) is 1.32. The maximum absolute atomic E-state index is 10.7. The minimum atomic E-state index is -0.771.